The summed E-state index contributed by atoms with van der Waals surface area (Å²) >= 11 is 1.44. The Bertz CT molecular complexity index is 760. The summed E-state index contributed by atoms with van der Waals surface area (Å²) < 4.78 is 5.02. The molecule has 0 bridgehead atoms. The number of amides is 2. The van der Waals surface area contributed by atoms with E-state index in [1.54, 1.807) is 7.11 Å². The lowest BCUT2D eigenvalue weighted by atomic mass is 9.86. The number of benzene rings is 1. The average Bonchev–Trinajstić information content (AvgIpc) is 3.32. The lowest BCUT2D eigenvalue weighted by Crippen LogP contribution is -2.37. The average molecular weight is 372 g/mol. The second-order valence-electron chi connectivity index (χ2n) is 6.54. The molecule has 1 saturated heterocycles. The molecule has 138 valence electrons. The van der Waals surface area contributed by atoms with Gasteiger partial charge in [0.1, 0.15) is 0 Å². The topological polar surface area (TPSA) is 58.6 Å². The van der Waals surface area contributed by atoms with Gasteiger partial charge in [0.05, 0.1) is 17.4 Å². The maximum atomic E-state index is 12.8. The number of rotatable bonds is 6. The summed E-state index contributed by atoms with van der Waals surface area (Å²) in [5.41, 5.74) is 2.29. The number of methoxy groups -OCH3 is 1. The van der Waals surface area contributed by atoms with Gasteiger partial charge in [0, 0.05) is 32.7 Å². The minimum absolute atomic E-state index is 0.00246. The molecule has 1 N–H and O–H groups in total. The molecular weight excluding hydrogens is 348 g/mol. The van der Waals surface area contributed by atoms with Crippen LogP contribution in [0.1, 0.15) is 26.7 Å². The van der Waals surface area contributed by atoms with Crippen molar-refractivity contribution in [2.75, 3.05) is 33.4 Å². The molecule has 0 unspecified atom stereocenters. The highest BCUT2D eigenvalue weighted by molar-refractivity contribution is 7.12. The van der Waals surface area contributed by atoms with Crippen molar-refractivity contribution in [1.82, 2.24) is 10.2 Å². The number of carbonyl (C=O) groups excluding carboxylic acids is 2. The molecular formula is C20H24N2O3S. The van der Waals surface area contributed by atoms with Crippen molar-refractivity contribution < 1.29 is 14.3 Å². The fraction of sp³-hybridized carbons (Fsp3) is 0.400. The van der Waals surface area contributed by atoms with Gasteiger partial charge in [-0.1, -0.05) is 30.3 Å². The summed E-state index contributed by atoms with van der Waals surface area (Å²) in [6.45, 7) is 4.01. The van der Waals surface area contributed by atoms with E-state index in [1.165, 1.54) is 11.3 Å². The molecule has 1 aromatic heterocycles. The van der Waals surface area contributed by atoms with Crippen LogP contribution in [0.4, 0.5) is 0 Å². The molecule has 2 aromatic rings. The minimum atomic E-state index is -0.253. The van der Waals surface area contributed by atoms with E-state index in [0.717, 1.165) is 11.1 Å². The first kappa shape index (κ1) is 18.6. The smallest absolute Gasteiger partial charge is 0.263 e. The highest BCUT2D eigenvalue weighted by Crippen LogP contribution is 2.35. The fourth-order valence-electron chi connectivity index (χ4n) is 3.52. The van der Waals surface area contributed by atoms with Gasteiger partial charge in [0.2, 0.25) is 5.91 Å². The van der Waals surface area contributed by atoms with Gasteiger partial charge in [-0.05, 0) is 29.5 Å². The second-order valence-corrected chi connectivity index (χ2v) is 7.49. The van der Waals surface area contributed by atoms with Crippen molar-refractivity contribution >= 4 is 23.2 Å². The van der Waals surface area contributed by atoms with Crippen LogP contribution < -0.4 is 5.32 Å². The molecule has 0 radical (unpaired) electrons. The molecule has 2 heterocycles. The number of hydrogen-bond donors (Lipinski definition) is 1. The summed E-state index contributed by atoms with van der Waals surface area (Å²) in [5.74, 6) is -0.262. The second kappa shape index (κ2) is 8.47. The van der Waals surface area contributed by atoms with E-state index in [1.807, 2.05) is 34.5 Å². The van der Waals surface area contributed by atoms with Crippen LogP contribution in [0.5, 0.6) is 0 Å². The standard InChI is InChI=1S/C20H24N2O3S/c1-14-6-3-4-7-15(14)16-12-22(20(24)18-8-5-11-26-18)13-17(16)19(23)21-9-10-25-2/h3-8,11,16-17H,9-10,12-13H2,1-2H3,(H,21,23)/t16-,17+/m0/s1. The van der Waals surface area contributed by atoms with Crippen LogP contribution in [0.15, 0.2) is 41.8 Å². The zero-order valence-corrected chi connectivity index (χ0v) is 15.9. The fourth-order valence-corrected chi connectivity index (χ4v) is 4.21. The number of carbonyl (C=O) groups is 2. The monoisotopic (exact) mass is 372 g/mol. The Kier molecular flexibility index (Phi) is 6.06. The van der Waals surface area contributed by atoms with E-state index in [2.05, 4.69) is 24.4 Å². The zero-order chi connectivity index (χ0) is 18.5. The van der Waals surface area contributed by atoms with Gasteiger partial charge in [-0.15, -0.1) is 11.3 Å². The summed E-state index contributed by atoms with van der Waals surface area (Å²) in [7, 11) is 1.61. The third-order valence-electron chi connectivity index (χ3n) is 4.87. The lowest BCUT2D eigenvalue weighted by molar-refractivity contribution is -0.125. The summed E-state index contributed by atoms with van der Waals surface area (Å²) in [5, 5.41) is 4.84. The maximum absolute atomic E-state index is 12.8. The molecule has 1 aliphatic rings. The van der Waals surface area contributed by atoms with Crippen LogP contribution in [0.3, 0.4) is 0 Å². The predicted molar refractivity (Wildman–Crippen MR) is 103 cm³/mol. The molecule has 1 aliphatic heterocycles. The summed E-state index contributed by atoms with van der Waals surface area (Å²) in [6, 6.07) is 11.8. The number of aryl methyl sites for hydroxylation is 1. The Morgan fingerprint density at radius 1 is 1.23 bits per heavy atom. The first-order valence-electron chi connectivity index (χ1n) is 8.76. The number of ether oxygens (including phenoxy) is 1. The van der Waals surface area contributed by atoms with Gasteiger partial charge >= 0.3 is 0 Å². The minimum Gasteiger partial charge on any atom is -0.383 e. The van der Waals surface area contributed by atoms with Crippen LogP contribution in [0.25, 0.3) is 0 Å². The Morgan fingerprint density at radius 2 is 2.04 bits per heavy atom. The van der Waals surface area contributed by atoms with E-state index < -0.39 is 0 Å². The van der Waals surface area contributed by atoms with Crippen molar-refractivity contribution in [3.05, 3.63) is 57.8 Å². The highest BCUT2D eigenvalue weighted by atomic mass is 32.1. The summed E-state index contributed by atoms with van der Waals surface area (Å²) in [6.07, 6.45) is 0. The molecule has 3 rings (SSSR count). The molecule has 26 heavy (non-hydrogen) atoms. The van der Waals surface area contributed by atoms with E-state index in [9.17, 15) is 9.59 Å². The SMILES string of the molecule is COCCNC(=O)[C@@H]1CN(C(=O)c2cccs2)C[C@H]1c1ccccc1C. The van der Waals surface area contributed by atoms with Crippen molar-refractivity contribution in [3.8, 4) is 0 Å². The molecule has 0 spiro atoms. The zero-order valence-electron chi connectivity index (χ0n) is 15.1. The van der Waals surface area contributed by atoms with E-state index >= 15 is 0 Å². The van der Waals surface area contributed by atoms with E-state index in [4.69, 9.17) is 4.74 Å². The quantitative estimate of drug-likeness (QED) is 0.793. The molecule has 6 heteroatoms. The first-order valence-corrected chi connectivity index (χ1v) is 9.64. The third kappa shape index (κ3) is 3.97. The Hall–Kier alpha value is -2.18. The summed E-state index contributed by atoms with van der Waals surface area (Å²) in [4.78, 5) is 28.1. The van der Waals surface area contributed by atoms with Crippen LogP contribution in [-0.4, -0.2) is 50.1 Å². The third-order valence-corrected chi connectivity index (χ3v) is 5.73. The molecule has 5 nitrogen and oxygen atoms in total. The Balaban J connectivity index is 1.82. The van der Waals surface area contributed by atoms with Crippen molar-refractivity contribution in [2.24, 2.45) is 5.92 Å². The van der Waals surface area contributed by atoms with E-state index in [-0.39, 0.29) is 23.7 Å². The van der Waals surface area contributed by atoms with Gasteiger partial charge in [-0.2, -0.15) is 0 Å². The van der Waals surface area contributed by atoms with Gasteiger partial charge in [-0.25, -0.2) is 0 Å². The van der Waals surface area contributed by atoms with Gasteiger partial charge in [0.25, 0.3) is 5.91 Å². The van der Waals surface area contributed by atoms with Crippen molar-refractivity contribution in [1.29, 1.82) is 0 Å². The van der Waals surface area contributed by atoms with Crippen LogP contribution in [0.2, 0.25) is 0 Å². The van der Waals surface area contributed by atoms with Crippen molar-refractivity contribution in [2.45, 2.75) is 12.8 Å². The molecule has 2 atom stereocenters. The molecule has 1 fully saturated rings. The number of nitrogens with one attached hydrogen (secondary N) is 1. The lowest BCUT2D eigenvalue weighted by Gasteiger charge is -2.19. The first-order chi connectivity index (χ1) is 12.6. The molecule has 0 saturated carbocycles. The highest BCUT2D eigenvalue weighted by Gasteiger charge is 2.41. The maximum Gasteiger partial charge on any atom is 0.263 e. The van der Waals surface area contributed by atoms with Crippen molar-refractivity contribution in [3.63, 3.8) is 0 Å². The predicted octanol–water partition coefficient (Wildman–Crippen LogP) is 2.67. The number of hydrogen-bond acceptors (Lipinski definition) is 4. The Labute approximate surface area is 158 Å². The van der Waals surface area contributed by atoms with Gasteiger partial charge in [-0.3, -0.25) is 9.59 Å². The Morgan fingerprint density at radius 3 is 2.73 bits per heavy atom. The largest absolute Gasteiger partial charge is 0.383 e. The molecule has 0 aliphatic carbocycles. The number of likely N-dealkylation sites (tertiary alicyclic amines) is 1. The van der Waals surface area contributed by atoms with E-state index in [0.29, 0.717) is 31.1 Å². The van der Waals surface area contributed by atoms with Crippen LogP contribution in [-0.2, 0) is 9.53 Å². The number of thiophene rings is 1. The molecule has 1 aromatic carbocycles. The molecule has 2 amide bonds. The number of nitrogens with zero attached hydrogens (tertiary/aromatic N) is 1. The van der Waals surface area contributed by atoms with Gasteiger partial charge in [0.15, 0.2) is 0 Å². The van der Waals surface area contributed by atoms with Crippen LogP contribution >= 0.6 is 11.3 Å². The van der Waals surface area contributed by atoms with Crippen LogP contribution in [0, 0.1) is 12.8 Å². The van der Waals surface area contributed by atoms with Gasteiger partial charge < -0.3 is 15.0 Å². The normalized spacial score (nSPS) is 19.5.